The number of Topliss-reactive ketones (excluding diaryl/α,β-unsaturated/α-hetero) is 1. The van der Waals surface area contributed by atoms with Gasteiger partial charge >= 0.3 is 5.69 Å². The molecule has 0 aliphatic heterocycles. The fourth-order valence-electron chi connectivity index (χ4n) is 3.22. The van der Waals surface area contributed by atoms with Crippen LogP contribution in [0.15, 0.2) is 66.0 Å². The van der Waals surface area contributed by atoms with E-state index in [0.29, 0.717) is 18.5 Å². The van der Waals surface area contributed by atoms with Gasteiger partial charge in [-0.1, -0.05) is 0 Å². The highest BCUT2D eigenvalue weighted by atomic mass is 32.1. The van der Waals surface area contributed by atoms with Crippen LogP contribution in [0.1, 0.15) is 33.6 Å². The van der Waals surface area contributed by atoms with Crippen molar-refractivity contribution < 1.29 is 9.59 Å². The maximum Gasteiger partial charge on any atom is 0.354 e. The maximum absolute atomic E-state index is 12.3. The van der Waals surface area contributed by atoms with E-state index >= 15 is 0 Å². The summed E-state index contributed by atoms with van der Waals surface area (Å²) in [6.07, 6.45) is 6.16. The molecule has 0 saturated heterocycles. The summed E-state index contributed by atoms with van der Waals surface area (Å²) in [5.74, 6) is 0.0595. The molecular weight excluding hydrogens is 426 g/mol. The zero-order valence-corrected chi connectivity index (χ0v) is 18.4. The summed E-state index contributed by atoms with van der Waals surface area (Å²) >= 11 is 1.51. The van der Waals surface area contributed by atoms with E-state index in [2.05, 4.69) is 15.3 Å². The first-order chi connectivity index (χ1) is 15.4. The normalized spacial score (nSPS) is 10.8. The third-order valence-electron chi connectivity index (χ3n) is 4.79. The second-order valence-electron chi connectivity index (χ2n) is 7.27. The van der Waals surface area contributed by atoms with Crippen LogP contribution in [0.3, 0.4) is 0 Å². The van der Waals surface area contributed by atoms with Gasteiger partial charge in [-0.15, -0.1) is 11.3 Å². The molecule has 1 amide bonds. The molecule has 1 aromatic carbocycles. The molecule has 3 heterocycles. The molecule has 4 rings (SSSR count). The lowest BCUT2D eigenvalue weighted by atomic mass is 10.1. The van der Waals surface area contributed by atoms with E-state index in [1.54, 1.807) is 30.7 Å². The first-order valence-electron chi connectivity index (χ1n) is 9.99. The zero-order chi connectivity index (χ0) is 22.7. The van der Waals surface area contributed by atoms with Crippen molar-refractivity contribution in [1.29, 1.82) is 0 Å². The van der Waals surface area contributed by atoms with Gasteiger partial charge in [0.1, 0.15) is 5.82 Å². The Bertz CT molecular complexity index is 1330. The van der Waals surface area contributed by atoms with Crippen LogP contribution in [0.4, 0.5) is 5.82 Å². The molecule has 32 heavy (non-hydrogen) atoms. The Morgan fingerprint density at radius 2 is 1.81 bits per heavy atom. The Morgan fingerprint density at radius 1 is 1.06 bits per heavy atom. The number of thiophene rings is 1. The molecule has 1 N–H and O–H groups in total. The molecule has 0 atom stereocenters. The van der Waals surface area contributed by atoms with Gasteiger partial charge in [-0.3, -0.25) is 14.2 Å². The number of imidazole rings is 1. The van der Waals surface area contributed by atoms with Crippen LogP contribution in [0.5, 0.6) is 0 Å². The number of nitrogens with zero attached hydrogens (tertiary/aromatic N) is 4. The van der Waals surface area contributed by atoms with Crippen molar-refractivity contribution in [3.63, 3.8) is 0 Å². The van der Waals surface area contributed by atoms with Crippen molar-refractivity contribution in [2.75, 3.05) is 5.32 Å². The number of carbonyl (C=O) groups excluding carboxylic acids is 2. The number of aryl methyl sites for hydroxylation is 2. The van der Waals surface area contributed by atoms with E-state index in [4.69, 9.17) is 0 Å². The Hall–Kier alpha value is -3.85. The SMILES string of the molecule is CC(=O)Nc1ccn(-c2ccc(-n3cnc(CCC(=O)c4ccc(C)s4)c3)cc2)c(=O)n1. The summed E-state index contributed by atoms with van der Waals surface area (Å²) in [7, 11) is 0. The van der Waals surface area contributed by atoms with Crippen LogP contribution in [0, 0.1) is 6.92 Å². The van der Waals surface area contributed by atoms with Gasteiger partial charge in [-0.05, 0) is 55.8 Å². The summed E-state index contributed by atoms with van der Waals surface area (Å²) in [5, 5.41) is 2.49. The van der Waals surface area contributed by atoms with Crippen molar-refractivity contribution in [3.8, 4) is 11.4 Å². The van der Waals surface area contributed by atoms with E-state index in [1.807, 2.05) is 42.0 Å². The largest absolute Gasteiger partial charge is 0.354 e. The second-order valence-corrected chi connectivity index (χ2v) is 8.56. The third-order valence-corrected chi connectivity index (χ3v) is 5.83. The molecule has 0 saturated carbocycles. The van der Waals surface area contributed by atoms with Gasteiger partial charge in [0.15, 0.2) is 5.78 Å². The molecule has 0 radical (unpaired) electrons. The molecule has 0 aliphatic carbocycles. The predicted octanol–water partition coefficient (Wildman–Crippen LogP) is 3.56. The average Bonchev–Trinajstić information content (AvgIpc) is 3.41. The van der Waals surface area contributed by atoms with Crippen LogP contribution < -0.4 is 11.0 Å². The van der Waals surface area contributed by atoms with Crippen molar-refractivity contribution in [2.24, 2.45) is 0 Å². The Morgan fingerprint density at radius 3 is 2.47 bits per heavy atom. The van der Waals surface area contributed by atoms with Crippen LogP contribution in [-0.2, 0) is 11.2 Å². The number of anilines is 1. The Balaban J connectivity index is 1.43. The number of rotatable bonds is 7. The topological polar surface area (TPSA) is 98.9 Å². The first-order valence-corrected chi connectivity index (χ1v) is 10.8. The van der Waals surface area contributed by atoms with E-state index in [9.17, 15) is 14.4 Å². The minimum Gasteiger partial charge on any atom is -0.311 e. The number of ketones is 1. The maximum atomic E-state index is 12.3. The van der Waals surface area contributed by atoms with Gasteiger partial charge in [0, 0.05) is 36.3 Å². The van der Waals surface area contributed by atoms with Gasteiger partial charge < -0.3 is 9.88 Å². The smallest absolute Gasteiger partial charge is 0.311 e. The predicted molar refractivity (Wildman–Crippen MR) is 123 cm³/mol. The summed E-state index contributed by atoms with van der Waals surface area (Å²) < 4.78 is 3.27. The first kappa shape index (κ1) is 21.4. The number of amides is 1. The van der Waals surface area contributed by atoms with Gasteiger partial charge in [-0.2, -0.15) is 4.98 Å². The average molecular weight is 448 g/mol. The molecule has 0 unspecified atom stereocenters. The minimum absolute atomic E-state index is 0.130. The Labute approximate surface area is 188 Å². The van der Waals surface area contributed by atoms with E-state index in [-0.39, 0.29) is 17.5 Å². The molecule has 0 aliphatic rings. The standard InChI is InChI=1S/C23H21N5O3S/c1-15-3-10-21(32-15)20(30)9-4-17-13-27(14-24-17)18-5-7-19(8-6-18)28-12-11-22(25-16(2)29)26-23(28)31/h3,5-8,10-14H,4,9H2,1-2H3,(H,25,26,29,31). The molecule has 4 aromatic rings. The van der Waals surface area contributed by atoms with E-state index in [1.165, 1.54) is 22.8 Å². The number of nitrogens with one attached hydrogen (secondary N) is 1. The van der Waals surface area contributed by atoms with Crippen molar-refractivity contribution in [2.45, 2.75) is 26.7 Å². The summed E-state index contributed by atoms with van der Waals surface area (Å²) in [4.78, 5) is 45.9. The lowest BCUT2D eigenvalue weighted by Gasteiger charge is -2.08. The summed E-state index contributed by atoms with van der Waals surface area (Å²) in [5.41, 5.74) is 1.88. The van der Waals surface area contributed by atoms with Crippen molar-refractivity contribution >= 4 is 28.8 Å². The highest BCUT2D eigenvalue weighted by molar-refractivity contribution is 7.14. The minimum atomic E-state index is -0.487. The highest BCUT2D eigenvalue weighted by Crippen LogP contribution is 2.18. The van der Waals surface area contributed by atoms with Crippen LogP contribution in [-0.4, -0.2) is 30.8 Å². The number of carbonyl (C=O) groups is 2. The lowest BCUT2D eigenvalue weighted by Crippen LogP contribution is -2.22. The fourth-order valence-corrected chi connectivity index (χ4v) is 4.05. The van der Waals surface area contributed by atoms with E-state index in [0.717, 1.165) is 21.1 Å². The van der Waals surface area contributed by atoms with Crippen molar-refractivity contribution in [3.05, 3.63) is 87.1 Å². The molecule has 8 nitrogen and oxygen atoms in total. The number of hydrogen-bond donors (Lipinski definition) is 1. The summed E-state index contributed by atoms with van der Waals surface area (Å²) in [6, 6.07) is 12.7. The van der Waals surface area contributed by atoms with Crippen molar-refractivity contribution in [1.82, 2.24) is 19.1 Å². The monoisotopic (exact) mass is 447 g/mol. The van der Waals surface area contributed by atoms with Gasteiger partial charge in [0.25, 0.3) is 0 Å². The molecule has 0 bridgehead atoms. The zero-order valence-electron chi connectivity index (χ0n) is 17.6. The Kier molecular flexibility index (Phi) is 6.09. The molecule has 0 spiro atoms. The van der Waals surface area contributed by atoms with Crippen LogP contribution in [0.25, 0.3) is 11.4 Å². The summed E-state index contributed by atoms with van der Waals surface area (Å²) in [6.45, 7) is 3.35. The molecule has 0 fully saturated rings. The molecule has 162 valence electrons. The van der Waals surface area contributed by atoms with Gasteiger partial charge in [0.05, 0.1) is 22.6 Å². The quantitative estimate of drug-likeness (QED) is 0.437. The lowest BCUT2D eigenvalue weighted by molar-refractivity contribution is -0.114. The number of benzene rings is 1. The highest BCUT2D eigenvalue weighted by Gasteiger charge is 2.10. The second kappa shape index (κ2) is 9.11. The van der Waals surface area contributed by atoms with Crippen LogP contribution >= 0.6 is 11.3 Å². The van der Waals surface area contributed by atoms with E-state index < -0.39 is 5.69 Å². The molecular formula is C23H21N5O3S. The van der Waals surface area contributed by atoms with Gasteiger partial charge in [0.2, 0.25) is 5.91 Å². The number of aromatic nitrogens is 4. The number of hydrogen-bond acceptors (Lipinski definition) is 6. The third kappa shape index (κ3) is 4.89. The van der Waals surface area contributed by atoms with Crippen LogP contribution in [0.2, 0.25) is 0 Å². The fraction of sp³-hybridized carbons (Fsp3) is 0.174. The van der Waals surface area contributed by atoms with Gasteiger partial charge in [-0.25, -0.2) is 9.78 Å². The molecule has 9 heteroatoms. The molecule has 3 aromatic heterocycles.